The summed E-state index contributed by atoms with van der Waals surface area (Å²) in [5.41, 5.74) is 4.00. The molecule has 4 rings (SSSR count). The van der Waals surface area contributed by atoms with Crippen LogP contribution in [0.1, 0.15) is 55.5 Å². The van der Waals surface area contributed by atoms with Crippen LogP contribution in [0.5, 0.6) is 0 Å². The molecule has 1 fully saturated rings. The molecular formula is C24H28N6O2. The molecule has 0 radical (unpaired) electrons. The molecule has 3 heterocycles. The van der Waals surface area contributed by atoms with Gasteiger partial charge in [-0.1, -0.05) is 0 Å². The fourth-order valence-corrected chi connectivity index (χ4v) is 4.21. The first-order chi connectivity index (χ1) is 15.5. The SMILES string of the molecule is CC(C)Nc1cc(-c2ccc3cc(C#N)cnn23)ncc1C(=O)N[C@H]1CC[C@H](CO)CC1. The predicted octanol–water partition coefficient (Wildman–Crippen LogP) is 3.37. The average molecular weight is 433 g/mol. The Morgan fingerprint density at radius 1 is 1.25 bits per heavy atom. The normalized spacial score (nSPS) is 18.5. The second-order valence-electron chi connectivity index (χ2n) is 8.70. The van der Waals surface area contributed by atoms with Gasteiger partial charge in [-0.2, -0.15) is 10.4 Å². The van der Waals surface area contributed by atoms with Crippen LogP contribution in [0.15, 0.2) is 36.7 Å². The summed E-state index contributed by atoms with van der Waals surface area (Å²) in [5.74, 6) is 0.202. The largest absolute Gasteiger partial charge is 0.396 e. The molecule has 1 amide bonds. The van der Waals surface area contributed by atoms with Gasteiger partial charge in [0.05, 0.1) is 39.9 Å². The van der Waals surface area contributed by atoms with Crippen molar-refractivity contribution in [3.8, 4) is 17.5 Å². The molecule has 3 aromatic heterocycles. The van der Waals surface area contributed by atoms with Gasteiger partial charge in [0, 0.05) is 24.9 Å². The first-order valence-electron chi connectivity index (χ1n) is 11.0. The highest BCUT2D eigenvalue weighted by Crippen LogP contribution is 2.27. The van der Waals surface area contributed by atoms with Crippen molar-refractivity contribution in [3.05, 3.63) is 47.8 Å². The summed E-state index contributed by atoms with van der Waals surface area (Å²) in [5, 5.41) is 29.3. The molecule has 166 valence electrons. The molecular weight excluding hydrogens is 404 g/mol. The Kier molecular flexibility index (Phi) is 6.37. The van der Waals surface area contributed by atoms with Gasteiger partial charge in [0.15, 0.2) is 0 Å². The lowest BCUT2D eigenvalue weighted by Crippen LogP contribution is -2.38. The highest BCUT2D eigenvalue weighted by atomic mass is 16.3. The zero-order valence-corrected chi connectivity index (χ0v) is 18.4. The second-order valence-corrected chi connectivity index (χ2v) is 8.70. The molecule has 0 aliphatic heterocycles. The molecule has 1 saturated carbocycles. The number of nitrogens with zero attached hydrogens (tertiary/aromatic N) is 4. The topological polar surface area (TPSA) is 115 Å². The minimum Gasteiger partial charge on any atom is -0.396 e. The summed E-state index contributed by atoms with van der Waals surface area (Å²) in [6.07, 6.45) is 6.74. The molecule has 0 bridgehead atoms. The number of anilines is 1. The summed E-state index contributed by atoms with van der Waals surface area (Å²) >= 11 is 0. The van der Waals surface area contributed by atoms with Crippen LogP contribution in [0, 0.1) is 17.2 Å². The van der Waals surface area contributed by atoms with E-state index in [2.05, 4.69) is 26.8 Å². The van der Waals surface area contributed by atoms with E-state index in [4.69, 9.17) is 5.26 Å². The first kappa shape index (κ1) is 21.8. The van der Waals surface area contributed by atoms with Crippen LogP contribution >= 0.6 is 0 Å². The number of aliphatic hydroxyl groups excluding tert-OH is 1. The van der Waals surface area contributed by atoms with Gasteiger partial charge in [-0.05, 0) is 69.7 Å². The van der Waals surface area contributed by atoms with Gasteiger partial charge in [-0.15, -0.1) is 0 Å². The molecule has 8 nitrogen and oxygen atoms in total. The smallest absolute Gasteiger partial charge is 0.255 e. The molecule has 0 unspecified atom stereocenters. The van der Waals surface area contributed by atoms with Crippen molar-refractivity contribution >= 4 is 17.1 Å². The Morgan fingerprint density at radius 3 is 2.72 bits per heavy atom. The van der Waals surface area contributed by atoms with E-state index in [0.29, 0.717) is 22.7 Å². The number of nitrogens with one attached hydrogen (secondary N) is 2. The van der Waals surface area contributed by atoms with Gasteiger partial charge in [-0.25, -0.2) is 4.52 Å². The summed E-state index contributed by atoms with van der Waals surface area (Å²) in [6, 6.07) is 9.80. The fraction of sp³-hybridized carbons (Fsp3) is 0.417. The summed E-state index contributed by atoms with van der Waals surface area (Å²) in [6.45, 7) is 4.26. The van der Waals surface area contributed by atoms with Crippen LogP contribution in [0.4, 0.5) is 5.69 Å². The Labute approximate surface area is 187 Å². The maximum absolute atomic E-state index is 13.1. The van der Waals surface area contributed by atoms with Gasteiger partial charge in [-0.3, -0.25) is 9.78 Å². The van der Waals surface area contributed by atoms with Gasteiger partial charge in [0.2, 0.25) is 0 Å². The summed E-state index contributed by atoms with van der Waals surface area (Å²) in [4.78, 5) is 17.6. The Morgan fingerprint density at radius 2 is 2.03 bits per heavy atom. The van der Waals surface area contributed by atoms with Crippen LogP contribution in [0.25, 0.3) is 16.9 Å². The van der Waals surface area contributed by atoms with E-state index in [1.165, 1.54) is 6.20 Å². The zero-order chi connectivity index (χ0) is 22.7. The maximum atomic E-state index is 13.1. The average Bonchev–Trinajstić information content (AvgIpc) is 3.22. The fourth-order valence-electron chi connectivity index (χ4n) is 4.21. The highest BCUT2D eigenvalue weighted by Gasteiger charge is 2.24. The van der Waals surface area contributed by atoms with E-state index < -0.39 is 0 Å². The number of rotatable bonds is 6. The number of carbonyl (C=O) groups excluding carboxylic acids is 1. The first-order valence-corrected chi connectivity index (χ1v) is 11.0. The molecule has 32 heavy (non-hydrogen) atoms. The number of nitriles is 1. The van der Waals surface area contributed by atoms with Crippen molar-refractivity contribution < 1.29 is 9.90 Å². The van der Waals surface area contributed by atoms with E-state index in [1.807, 2.05) is 32.0 Å². The number of hydrogen-bond acceptors (Lipinski definition) is 6. The molecule has 3 N–H and O–H groups in total. The third-order valence-corrected chi connectivity index (χ3v) is 5.92. The van der Waals surface area contributed by atoms with E-state index in [1.54, 1.807) is 16.8 Å². The minimum atomic E-state index is -0.142. The number of hydrogen-bond donors (Lipinski definition) is 3. The molecule has 0 aromatic carbocycles. The Bertz CT molecular complexity index is 1150. The maximum Gasteiger partial charge on any atom is 0.255 e. The van der Waals surface area contributed by atoms with Crippen molar-refractivity contribution in [1.29, 1.82) is 5.26 Å². The lowest BCUT2D eigenvalue weighted by molar-refractivity contribution is 0.0914. The Hall–Kier alpha value is -3.44. The predicted molar refractivity (Wildman–Crippen MR) is 122 cm³/mol. The number of pyridine rings is 1. The quantitative estimate of drug-likeness (QED) is 0.550. The summed E-state index contributed by atoms with van der Waals surface area (Å²) < 4.78 is 1.74. The third-order valence-electron chi connectivity index (χ3n) is 5.92. The van der Waals surface area contributed by atoms with Gasteiger partial charge < -0.3 is 15.7 Å². The number of fused-ring (bicyclic) bond motifs is 1. The van der Waals surface area contributed by atoms with Crippen LogP contribution in [0.2, 0.25) is 0 Å². The van der Waals surface area contributed by atoms with Crippen LogP contribution < -0.4 is 10.6 Å². The van der Waals surface area contributed by atoms with Crippen LogP contribution in [-0.2, 0) is 0 Å². The molecule has 3 aromatic rings. The molecule has 0 saturated heterocycles. The van der Waals surface area contributed by atoms with Gasteiger partial charge >= 0.3 is 0 Å². The number of carbonyl (C=O) groups is 1. The van der Waals surface area contributed by atoms with Crippen LogP contribution in [-0.4, -0.2) is 44.3 Å². The number of amides is 1. The van der Waals surface area contributed by atoms with Crippen molar-refractivity contribution in [2.45, 2.75) is 51.6 Å². The monoisotopic (exact) mass is 432 g/mol. The van der Waals surface area contributed by atoms with Gasteiger partial charge in [0.1, 0.15) is 6.07 Å². The van der Waals surface area contributed by atoms with Crippen molar-refractivity contribution in [3.63, 3.8) is 0 Å². The minimum absolute atomic E-state index is 0.116. The van der Waals surface area contributed by atoms with E-state index >= 15 is 0 Å². The highest BCUT2D eigenvalue weighted by molar-refractivity contribution is 6.00. The second kappa shape index (κ2) is 9.37. The number of aromatic nitrogens is 3. The molecule has 1 aliphatic rings. The van der Waals surface area contributed by atoms with E-state index in [-0.39, 0.29) is 24.6 Å². The lowest BCUT2D eigenvalue weighted by Gasteiger charge is -2.28. The van der Waals surface area contributed by atoms with Crippen molar-refractivity contribution in [2.24, 2.45) is 5.92 Å². The van der Waals surface area contributed by atoms with Crippen molar-refractivity contribution in [1.82, 2.24) is 19.9 Å². The number of aliphatic hydroxyl groups is 1. The van der Waals surface area contributed by atoms with E-state index in [0.717, 1.165) is 42.6 Å². The Balaban J connectivity index is 1.61. The molecule has 0 atom stereocenters. The standard InChI is InChI=1S/C24H28N6O2/c1-15(2)28-21-10-22(23-8-7-19-9-17(11-25)12-27-30(19)23)26-13-20(21)24(32)29-18-5-3-16(14-31)4-6-18/h7-10,12-13,15-16,18,31H,3-6,14H2,1-2H3,(H,26,28)(H,29,32)/t16-,18-. The molecule has 8 heteroatoms. The zero-order valence-electron chi connectivity index (χ0n) is 18.4. The molecule has 0 spiro atoms. The van der Waals surface area contributed by atoms with Crippen molar-refractivity contribution in [2.75, 3.05) is 11.9 Å². The van der Waals surface area contributed by atoms with E-state index in [9.17, 15) is 9.90 Å². The third kappa shape index (κ3) is 4.58. The van der Waals surface area contributed by atoms with Crippen LogP contribution in [0.3, 0.4) is 0 Å². The van der Waals surface area contributed by atoms with Gasteiger partial charge in [0.25, 0.3) is 5.91 Å². The lowest BCUT2D eigenvalue weighted by atomic mass is 9.86. The summed E-state index contributed by atoms with van der Waals surface area (Å²) in [7, 11) is 0. The molecule has 1 aliphatic carbocycles.